The van der Waals surface area contributed by atoms with Gasteiger partial charge in [0.1, 0.15) is 5.75 Å². The number of hydrogen-bond acceptors (Lipinski definition) is 6. The van der Waals surface area contributed by atoms with Gasteiger partial charge in [0.25, 0.3) is 0 Å². The van der Waals surface area contributed by atoms with E-state index in [4.69, 9.17) is 14.2 Å². The van der Waals surface area contributed by atoms with Gasteiger partial charge in [0, 0.05) is 13.1 Å². The van der Waals surface area contributed by atoms with Crippen LogP contribution < -0.4 is 24.2 Å². The van der Waals surface area contributed by atoms with Crippen molar-refractivity contribution in [2.75, 3.05) is 34.4 Å². The Morgan fingerprint density at radius 3 is 2.18 bits per heavy atom. The van der Waals surface area contributed by atoms with E-state index in [-0.39, 0.29) is 30.3 Å². The van der Waals surface area contributed by atoms with Gasteiger partial charge in [0.2, 0.25) is 15.9 Å². The monoisotopic (exact) mass is 408 g/mol. The van der Waals surface area contributed by atoms with E-state index in [1.165, 1.54) is 33.5 Å². The molecule has 0 radical (unpaired) electrons. The summed E-state index contributed by atoms with van der Waals surface area (Å²) in [5.41, 5.74) is 0.758. The minimum absolute atomic E-state index is 0.0754. The van der Waals surface area contributed by atoms with Crippen LogP contribution in [0.1, 0.15) is 5.56 Å². The van der Waals surface area contributed by atoms with Crippen LogP contribution >= 0.6 is 0 Å². The van der Waals surface area contributed by atoms with Crippen molar-refractivity contribution < 1.29 is 27.4 Å². The maximum atomic E-state index is 12.2. The zero-order valence-corrected chi connectivity index (χ0v) is 16.8. The molecule has 8 nitrogen and oxygen atoms in total. The predicted molar refractivity (Wildman–Crippen MR) is 104 cm³/mol. The number of methoxy groups -OCH3 is 3. The van der Waals surface area contributed by atoms with Crippen LogP contribution in [-0.4, -0.2) is 48.7 Å². The fourth-order valence-electron chi connectivity index (χ4n) is 2.46. The second kappa shape index (κ2) is 9.95. The first kappa shape index (κ1) is 21.5. The second-order valence-corrected chi connectivity index (χ2v) is 7.56. The first-order chi connectivity index (χ1) is 13.4. The summed E-state index contributed by atoms with van der Waals surface area (Å²) in [4.78, 5) is 12.2. The lowest BCUT2D eigenvalue weighted by Gasteiger charge is -2.10. The number of nitrogens with one attached hydrogen (secondary N) is 2. The number of sulfonamides is 1. The van der Waals surface area contributed by atoms with Crippen LogP contribution in [0.2, 0.25) is 0 Å². The largest absolute Gasteiger partial charge is 0.497 e. The molecule has 0 bridgehead atoms. The van der Waals surface area contributed by atoms with Crippen molar-refractivity contribution in [3.8, 4) is 17.2 Å². The predicted octanol–water partition coefficient (Wildman–Crippen LogP) is 1.35. The molecule has 1 amide bonds. The van der Waals surface area contributed by atoms with Gasteiger partial charge in [-0.25, -0.2) is 13.1 Å². The van der Waals surface area contributed by atoms with E-state index in [9.17, 15) is 13.2 Å². The van der Waals surface area contributed by atoms with Gasteiger partial charge in [-0.2, -0.15) is 0 Å². The number of ether oxygens (including phenoxy) is 3. The lowest BCUT2D eigenvalue weighted by atomic mass is 10.1. The lowest BCUT2D eigenvalue weighted by Crippen LogP contribution is -2.35. The lowest BCUT2D eigenvalue weighted by molar-refractivity contribution is -0.120. The Balaban J connectivity index is 1.81. The van der Waals surface area contributed by atoms with E-state index in [2.05, 4.69) is 10.0 Å². The summed E-state index contributed by atoms with van der Waals surface area (Å²) in [6, 6.07) is 11.3. The van der Waals surface area contributed by atoms with Gasteiger partial charge in [-0.05, 0) is 42.0 Å². The standard InChI is InChI=1S/C19H24N2O6S/c1-25-15-5-7-16(8-6-15)28(23,24)21-11-10-20-19(22)13-14-4-9-17(26-2)18(12-14)27-3/h4-9,12,21H,10-11,13H2,1-3H3,(H,20,22). The fraction of sp³-hybridized carbons (Fsp3) is 0.316. The Morgan fingerprint density at radius 1 is 0.893 bits per heavy atom. The highest BCUT2D eigenvalue weighted by molar-refractivity contribution is 7.89. The van der Waals surface area contributed by atoms with Crippen molar-refractivity contribution in [3.05, 3.63) is 48.0 Å². The second-order valence-electron chi connectivity index (χ2n) is 5.79. The molecule has 0 fully saturated rings. The molecule has 0 aliphatic carbocycles. The van der Waals surface area contributed by atoms with Crippen molar-refractivity contribution in [3.63, 3.8) is 0 Å². The zero-order chi connectivity index (χ0) is 20.6. The normalized spacial score (nSPS) is 11.0. The first-order valence-corrected chi connectivity index (χ1v) is 9.99. The van der Waals surface area contributed by atoms with Crippen molar-refractivity contribution in [1.82, 2.24) is 10.0 Å². The third-order valence-electron chi connectivity index (χ3n) is 3.92. The Bertz CT molecular complexity index is 897. The molecule has 0 spiro atoms. The van der Waals surface area contributed by atoms with E-state index in [1.807, 2.05) is 0 Å². The van der Waals surface area contributed by atoms with Crippen molar-refractivity contribution in [2.45, 2.75) is 11.3 Å². The molecule has 0 aliphatic heterocycles. The highest BCUT2D eigenvalue weighted by Crippen LogP contribution is 2.27. The molecule has 0 saturated carbocycles. The Labute approximate surface area is 164 Å². The molecule has 152 valence electrons. The highest BCUT2D eigenvalue weighted by atomic mass is 32.2. The Hall–Kier alpha value is -2.78. The summed E-state index contributed by atoms with van der Waals surface area (Å²) in [6.07, 6.45) is 0.144. The van der Waals surface area contributed by atoms with Crippen LogP contribution in [0.4, 0.5) is 0 Å². The SMILES string of the molecule is COc1ccc(S(=O)(=O)NCCNC(=O)Cc2ccc(OC)c(OC)c2)cc1. The summed E-state index contributed by atoms with van der Waals surface area (Å²) in [7, 11) is 0.924. The number of hydrogen-bond donors (Lipinski definition) is 2. The van der Waals surface area contributed by atoms with Gasteiger partial charge in [0.05, 0.1) is 32.6 Å². The molecule has 0 unspecified atom stereocenters. The maximum absolute atomic E-state index is 12.2. The van der Waals surface area contributed by atoms with Gasteiger partial charge < -0.3 is 19.5 Å². The quantitative estimate of drug-likeness (QED) is 0.576. The van der Waals surface area contributed by atoms with Crippen LogP contribution in [0.15, 0.2) is 47.4 Å². The van der Waals surface area contributed by atoms with Crippen LogP contribution in [0.25, 0.3) is 0 Å². The molecule has 0 saturated heterocycles. The van der Waals surface area contributed by atoms with Gasteiger partial charge in [-0.3, -0.25) is 4.79 Å². The Kier molecular flexibility index (Phi) is 7.65. The van der Waals surface area contributed by atoms with Crippen LogP contribution in [-0.2, 0) is 21.2 Å². The maximum Gasteiger partial charge on any atom is 0.240 e. The molecule has 0 heterocycles. The van der Waals surface area contributed by atoms with Gasteiger partial charge in [-0.1, -0.05) is 6.07 Å². The average Bonchev–Trinajstić information content (AvgIpc) is 2.71. The van der Waals surface area contributed by atoms with Crippen LogP contribution in [0.5, 0.6) is 17.2 Å². The van der Waals surface area contributed by atoms with Crippen LogP contribution in [0.3, 0.4) is 0 Å². The minimum Gasteiger partial charge on any atom is -0.497 e. The molecule has 0 aromatic heterocycles. The molecule has 9 heteroatoms. The number of carbonyl (C=O) groups excluding carboxylic acids is 1. The Morgan fingerprint density at radius 2 is 1.57 bits per heavy atom. The van der Waals surface area contributed by atoms with Crippen molar-refractivity contribution in [2.24, 2.45) is 0 Å². The fourth-order valence-corrected chi connectivity index (χ4v) is 3.50. The van der Waals surface area contributed by atoms with Gasteiger partial charge in [0.15, 0.2) is 11.5 Å². The highest BCUT2D eigenvalue weighted by Gasteiger charge is 2.13. The molecular formula is C19H24N2O6S. The van der Waals surface area contributed by atoms with E-state index in [0.29, 0.717) is 17.2 Å². The molecule has 2 aromatic rings. The molecule has 28 heavy (non-hydrogen) atoms. The van der Waals surface area contributed by atoms with Crippen LogP contribution in [0, 0.1) is 0 Å². The zero-order valence-electron chi connectivity index (χ0n) is 16.0. The summed E-state index contributed by atoms with van der Waals surface area (Å²) in [5, 5.41) is 2.68. The van der Waals surface area contributed by atoms with E-state index in [0.717, 1.165) is 5.56 Å². The minimum atomic E-state index is -3.65. The van der Waals surface area contributed by atoms with E-state index >= 15 is 0 Å². The van der Waals surface area contributed by atoms with Gasteiger partial charge >= 0.3 is 0 Å². The smallest absolute Gasteiger partial charge is 0.240 e. The number of carbonyl (C=O) groups is 1. The van der Waals surface area contributed by atoms with E-state index < -0.39 is 10.0 Å². The number of rotatable bonds is 10. The van der Waals surface area contributed by atoms with Crippen molar-refractivity contribution in [1.29, 1.82) is 0 Å². The van der Waals surface area contributed by atoms with Gasteiger partial charge in [-0.15, -0.1) is 0 Å². The average molecular weight is 408 g/mol. The van der Waals surface area contributed by atoms with Crippen molar-refractivity contribution >= 4 is 15.9 Å². The first-order valence-electron chi connectivity index (χ1n) is 8.51. The molecule has 2 aromatic carbocycles. The molecule has 0 aliphatic rings. The summed E-state index contributed by atoms with van der Waals surface area (Å²) < 4.78 is 42.2. The summed E-state index contributed by atoms with van der Waals surface area (Å²) in [5.74, 6) is 1.47. The summed E-state index contributed by atoms with van der Waals surface area (Å²) >= 11 is 0. The number of amides is 1. The topological polar surface area (TPSA) is 103 Å². The third-order valence-corrected chi connectivity index (χ3v) is 5.40. The number of benzene rings is 2. The molecule has 2 N–H and O–H groups in total. The molecule has 0 atom stereocenters. The third kappa shape index (κ3) is 5.86. The molecular weight excluding hydrogens is 384 g/mol. The summed E-state index contributed by atoms with van der Waals surface area (Å²) in [6.45, 7) is 0.244. The van der Waals surface area contributed by atoms with E-state index in [1.54, 1.807) is 30.3 Å². The molecule has 2 rings (SSSR count).